The molecule has 3 atom stereocenters. The number of unbranched alkanes of at least 4 members (excludes halogenated alkanes) is 1. The molecule has 1 fully saturated rings. The molecule has 108 valence electrons. The van der Waals surface area contributed by atoms with E-state index in [2.05, 4.69) is 6.92 Å². The average Bonchev–Trinajstić information content (AvgIpc) is 2.68. The molecule has 1 heterocycles. The number of rotatable bonds is 5. The summed E-state index contributed by atoms with van der Waals surface area (Å²) in [6.07, 6.45) is 1.88. The van der Waals surface area contributed by atoms with Crippen molar-refractivity contribution in [1.29, 1.82) is 0 Å². The molecule has 1 saturated heterocycles. The number of carbonyl (C=O) groups excluding carboxylic acids is 2. The van der Waals surface area contributed by atoms with Gasteiger partial charge >= 0.3 is 0 Å². The van der Waals surface area contributed by atoms with Crippen molar-refractivity contribution in [1.82, 2.24) is 4.90 Å². The van der Waals surface area contributed by atoms with Gasteiger partial charge in [-0.15, -0.1) is 0 Å². The largest absolute Gasteiger partial charge is 0.282 e. The maximum atomic E-state index is 12.6. The van der Waals surface area contributed by atoms with Gasteiger partial charge in [-0.2, -0.15) is 0 Å². The van der Waals surface area contributed by atoms with Crippen molar-refractivity contribution in [2.24, 2.45) is 11.8 Å². The van der Waals surface area contributed by atoms with E-state index in [0.717, 1.165) is 18.4 Å². The van der Waals surface area contributed by atoms with E-state index in [1.54, 1.807) is 0 Å². The Kier molecular flexibility index (Phi) is 4.58. The number of benzene rings is 1. The summed E-state index contributed by atoms with van der Waals surface area (Å²) in [5.74, 6) is -0.353. The summed E-state index contributed by atoms with van der Waals surface area (Å²) in [5.41, 5.74) is 1.13. The number of hydrogen-bond acceptors (Lipinski definition) is 2. The van der Waals surface area contributed by atoms with Crippen molar-refractivity contribution in [2.45, 2.75) is 39.5 Å². The van der Waals surface area contributed by atoms with Crippen LogP contribution in [0.4, 0.5) is 0 Å². The lowest BCUT2D eigenvalue weighted by molar-refractivity contribution is -0.140. The first-order valence-corrected chi connectivity index (χ1v) is 7.48. The smallest absolute Gasteiger partial charge is 0.233 e. The second-order valence-corrected chi connectivity index (χ2v) is 5.70. The predicted molar refractivity (Wildman–Crippen MR) is 79.1 cm³/mol. The Labute approximate surface area is 121 Å². The lowest BCUT2D eigenvalue weighted by atomic mass is 9.81. The fraction of sp³-hybridized carbons (Fsp3) is 0.529. The van der Waals surface area contributed by atoms with Crippen molar-refractivity contribution < 1.29 is 9.59 Å². The molecule has 0 aromatic heterocycles. The summed E-state index contributed by atoms with van der Waals surface area (Å²) in [6, 6.07) is 9.99. The molecule has 1 aliphatic heterocycles. The molecule has 0 radical (unpaired) electrons. The number of nitrogens with zero attached hydrogens (tertiary/aromatic N) is 1. The van der Waals surface area contributed by atoms with Gasteiger partial charge in [-0.3, -0.25) is 14.5 Å². The second kappa shape index (κ2) is 6.21. The van der Waals surface area contributed by atoms with E-state index < -0.39 is 0 Å². The van der Waals surface area contributed by atoms with Crippen LogP contribution in [0.5, 0.6) is 0 Å². The zero-order valence-electron chi connectivity index (χ0n) is 12.5. The van der Waals surface area contributed by atoms with Gasteiger partial charge in [0.25, 0.3) is 0 Å². The molecule has 0 N–H and O–H groups in total. The Morgan fingerprint density at radius 3 is 2.40 bits per heavy atom. The van der Waals surface area contributed by atoms with Crippen LogP contribution in [0.2, 0.25) is 0 Å². The van der Waals surface area contributed by atoms with E-state index in [4.69, 9.17) is 0 Å². The Morgan fingerprint density at radius 2 is 1.80 bits per heavy atom. The standard InChI is InChI=1S/C17H23NO2/c1-4-5-11-18-16(19)13(3)15(17(18)20)12(2)14-9-7-6-8-10-14/h6-10,12-13,15H,4-5,11H2,1-3H3. The summed E-state index contributed by atoms with van der Waals surface area (Å²) < 4.78 is 0. The summed E-state index contributed by atoms with van der Waals surface area (Å²) in [5, 5.41) is 0. The molecule has 1 aromatic rings. The number of amides is 2. The first-order chi connectivity index (χ1) is 9.57. The van der Waals surface area contributed by atoms with E-state index in [1.807, 2.05) is 44.2 Å². The number of hydrogen-bond donors (Lipinski definition) is 0. The highest BCUT2D eigenvalue weighted by Gasteiger charge is 2.47. The minimum absolute atomic E-state index is 0.00349. The van der Waals surface area contributed by atoms with Gasteiger partial charge in [-0.05, 0) is 17.9 Å². The first kappa shape index (κ1) is 14.8. The van der Waals surface area contributed by atoms with Gasteiger partial charge in [0.15, 0.2) is 0 Å². The third kappa shape index (κ3) is 2.62. The normalized spacial score (nSPS) is 24.2. The number of carbonyl (C=O) groups is 2. The monoisotopic (exact) mass is 273 g/mol. The molecule has 3 heteroatoms. The summed E-state index contributed by atoms with van der Waals surface area (Å²) >= 11 is 0. The van der Waals surface area contributed by atoms with Gasteiger partial charge in [-0.25, -0.2) is 0 Å². The first-order valence-electron chi connectivity index (χ1n) is 7.48. The summed E-state index contributed by atoms with van der Waals surface area (Å²) in [6.45, 7) is 6.57. The molecular formula is C17H23NO2. The van der Waals surface area contributed by atoms with E-state index in [9.17, 15) is 9.59 Å². The second-order valence-electron chi connectivity index (χ2n) is 5.70. The molecular weight excluding hydrogens is 250 g/mol. The summed E-state index contributed by atoms with van der Waals surface area (Å²) in [7, 11) is 0. The number of imide groups is 1. The third-order valence-electron chi connectivity index (χ3n) is 4.34. The van der Waals surface area contributed by atoms with Crippen LogP contribution in [0.1, 0.15) is 45.1 Å². The van der Waals surface area contributed by atoms with E-state index >= 15 is 0 Å². The molecule has 1 aliphatic rings. The van der Waals surface area contributed by atoms with Gasteiger partial charge in [-0.1, -0.05) is 57.5 Å². The minimum Gasteiger partial charge on any atom is -0.282 e. The fourth-order valence-electron chi connectivity index (χ4n) is 3.05. The molecule has 0 aliphatic carbocycles. The van der Waals surface area contributed by atoms with Gasteiger partial charge in [0.1, 0.15) is 0 Å². The lowest BCUT2D eigenvalue weighted by Gasteiger charge is -2.20. The van der Waals surface area contributed by atoms with Crippen molar-refractivity contribution in [3.63, 3.8) is 0 Å². The van der Waals surface area contributed by atoms with Crippen molar-refractivity contribution in [2.75, 3.05) is 6.54 Å². The molecule has 3 nitrogen and oxygen atoms in total. The van der Waals surface area contributed by atoms with Crippen LogP contribution in [-0.2, 0) is 9.59 Å². The van der Waals surface area contributed by atoms with Crippen LogP contribution in [0.25, 0.3) is 0 Å². The van der Waals surface area contributed by atoms with E-state index in [1.165, 1.54) is 4.90 Å². The van der Waals surface area contributed by atoms with Gasteiger partial charge in [0.2, 0.25) is 11.8 Å². The average molecular weight is 273 g/mol. The van der Waals surface area contributed by atoms with Crippen LogP contribution in [0.3, 0.4) is 0 Å². The quantitative estimate of drug-likeness (QED) is 0.772. The fourth-order valence-corrected chi connectivity index (χ4v) is 3.05. The van der Waals surface area contributed by atoms with Crippen LogP contribution in [0, 0.1) is 11.8 Å². The van der Waals surface area contributed by atoms with Crippen LogP contribution >= 0.6 is 0 Å². The highest BCUT2D eigenvalue weighted by Crippen LogP contribution is 2.37. The maximum Gasteiger partial charge on any atom is 0.233 e. The van der Waals surface area contributed by atoms with Gasteiger partial charge < -0.3 is 0 Å². The highest BCUT2D eigenvalue weighted by atomic mass is 16.2. The molecule has 3 unspecified atom stereocenters. The molecule has 2 rings (SSSR count). The molecule has 0 spiro atoms. The molecule has 0 bridgehead atoms. The van der Waals surface area contributed by atoms with Crippen molar-refractivity contribution >= 4 is 11.8 Å². The lowest BCUT2D eigenvalue weighted by Crippen LogP contribution is -2.32. The SMILES string of the molecule is CCCCN1C(=O)C(C)C(C(C)c2ccccc2)C1=O. The Morgan fingerprint density at radius 1 is 1.15 bits per heavy atom. The Hall–Kier alpha value is -1.64. The number of likely N-dealkylation sites (tertiary alicyclic amines) is 1. The van der Waals surface area contributed by atoms with Crippen molar-refractivity contribution in [3.05, 3.63) is 35.9 Å². The molecule has 1 aromatic carbocycles. The third-order valence-corrected chi connectivity index (χ3v) is 4.34. The Bertz CT molecular complexity index is 483. The van der Waals surface area contributed by atoms with Gasteiger partial charge in [0, 0.05) is 12.5 Å². The zero-order chi connectivity index (χ0) is 14.7. The highest BCUT2D eigenvalue weighted by molar-refractivity contribution is 6.05. The van der Waals surface area contributed by atoms with E-state index in [0.29, 0.717) is 6.54 Å². The molecule has 0 saturated carbocycles. The molecule has 2 amide bonds. The topological polar surface area (TPSA) is 37.4 Å². The minimum atomic E-state index is -0.221. The van der Waals surface area contributed by atoms with Gasteiger partial charge in [0.05, 0.1) is 5.92 Å². The van der Waals surface area contributed by atoms with Crippen LogP contribution in [0.15, 0.2) is 30.3 Å². The summed E-state index contributed by atoms with van der Waals surface area (Å²) in [4.78, 5) is 26.3. The van der Waals surface area contributed by atoms with Crippen LogP contribution in [-0.4, -0.2) is 23.3 Å². The zero-order valence-corrected chi connectivity index (χ0v) is 12.5. The predicted octanol–water partition coefficient (Wildman–Crippen LogP) is 3.21. The Balaban J connectivity index is 2.20. The van der Waals surface area contributed by atoms with Crippen LogP contribution < -0.4 is 0 Å². The molecule has 20 heavy (non-hydrogen) atoms. The maximum absolute atomic E-state index is 12.6. The van der Waals surface area contributed by atoms with Crippen molar-refractivity contribution in [3.8, 4) is 0 Å². The van der Waals surface area contributed by atoms with E-state index in [-0.39, 0.29) is 29.6 Å².